The lowest BCUT2D eigenvalue weighted by Crippen LogP contribution is -2.09. The van der Waals surface area contributed by atoms with Gasteiger partial charge in [-0.2, -0.15) is 0 Å². The summed E-state index contributed by atoms with van der Waals surface area (Å²) in [6.45, 7) is 0.106. The van der Waals surface area contributed by atoms with Crippen LogP contribution in [0.4, 0.5) is 0 Å². The normalized spacial score (nSPS) is 9.85. The second-order valence-electron chi connectivity index (χ2n) is 2.40. The summed E-state index contributed by atoms with van der Waals surface area (Å²) in [5.41, 5.74) is 0.848. The summed E-state index contributed by atoms with van der Waals surface area (Å²) < 4.78 is 4.84. The highest BCUT2D eigenvalue weighted by molar-refractivity contribution is 5.67. The zero-order valence-corrected chi connectivity index (χ0v) is 7.01. The van der Waals surface area contributed by atoms with Crippen molar-refractivity contribution in [1.29, 1.82) is 0 Å². The first-order valence-electron chi connectivity index (χ1n) is 3.83. The molecule has 0 aromatic carbocycles. The molecule has 0 unspecified atom stereocenters. The summed E-state index contributed by atoms with van der Waals surface area (Å²) in [5.74, 6) is -0.956. The third-order valence-electron chi connectivity index (χ3n) is 1.37. The maximum Gasteiger partial charge on any atom is 0.329 e. The molecule has 0 amide bonds. The van der Waals surface area contributed by atoms with E-state index in [1.807, 2.05) is 0 Å². The van der Waals surface area contributed by atoms with Crippen molar-refractivity contribution in [3.8, 4) is 0 Å². The van der Waals surface area contributed by atoms with Gasteiger partial charge in [-0.05, 0) is 6.07 Å². The van der Waals surface area contributed by atoms with Gasteiger partial charge in [0.2, 0.25) is 0 Å². The summed E-state index contributed by atoms with van der Waals surface area (Å²) in [5, 5.41) is 8.26. The summed E-state index contributed by atoms with van der Waals surface area (Å²) in [7, 11) is 0. The van der Waals surface area contributed by atoms with Gasteiger partial charge in [-0.15, -0.1) is 0 Å². The van der Waals surface area contributed by atoms with Gasteiger partial charge in [0.15, 0.2) is 0 Å². The average molecular weight is 182 g/mol. The van der Waals surface area contributed by atoms with Crippen molar-refractivity contribution in [2.24, 2.45) is 0 Å². The number of carboxylic acids is 1. The summed E-state index contributed by atoms with van der Waals surface area (Å²) in [6.07, 6.45) is 3.70. The van der Waals surface area contributed by atoms with Crippen LogP contribution in [0.25, 0.3) is 0 Å². The number of aliphatic carboxylic acids is 1. The Morgan fingerprint density at radius 2 is 2.46 bits per heavy atom. The Hall–Kier alpha value is -1.49. The van der Waals surface area contributed by atoms with Crippen molar-refractivity contribution >= 4 is 5.97 Å². The fourth-order valence-electron chi connectivity index (χ4n) is 0.802. The number of nitrogens with zero attached hydrogens (tertiary/aromatic N) is 2. The number of carboxylic acid groups (broad SMARTS) is 1. The molecule has 0 saturated heterocycles. The van der Waals surface area contributed by atoms with Gasteiger partial charge in [0, 0.05) is 18.3 Å². The molecule has 0 radical (unpaired) electrons. The number of aromatic nitrogens is 2. The lowest BCUT2D eigenvalue weighted by Gasteiger charge is -1.99. The van der Waals surface area contributed by atoms with Crippen LogP contribution in [0.15, 0.2) is 18.6 Å². The second-order valence-corrected chi connectivity index (χ2v) is 2.40. The zero-order valence-electron chi connectivity index (χ0n) is 7.01. The van der Waals surface area contributed by atoms with Gasteiger partial charge < -0.3 is 9.84 Å². The monoisotopic (exact) mass is 182 g/mol. The number of rotatable bonds is 5. The van der Waals surface area contributed by atoms with Crippen LogP contribution >= 0.6 is 0 Å². The van der Waals surface area contributed by atoms with E-state index < -0.39 is 5.97 Å². The van der Waals surface area contributed by atoms with E-state index >= 15 is 0 Å². The SMILES string of the molecule is O=C(O)COCCc1ccncn1. The predicted molar refractivity (Wildman–Crippen MR) is 44.2 cm³/mol. The van der Waals surface area contributed by atoms with Crippen molar-refractivity contribution in [3.05, 3.63) is 24.3 Å². The Morgan fingerprint density at radius 1 is 1.62 bits per heavy atom. The first-order chi connectivity index (χ1) is 6.29. The highest BCUT2D eigenvalue weighted by Crippen LogP contribution is 1.92. The van der Waals surface area contributed by atoms with Crippen molar-refractivity contribution < 1.29 is 14.6 Å². The summed E-state index contributed by atoms with van der Waals surface area (Å²) >= 11 is 0. The Balaban J connectivity index is 2.17. The fourth-order valence-corrected chi connectivity index (χ4v) is 0.802. The van der Waals surface area contributed by atoms with Gasteiger partial charge in [-0.1, -0.05) is 0 Å². The highest BCUT2D eigenvalue weighted by atomic mass is 16.5. The lowest BCUT2D eigenvalue weighted by atomic mass is 10.3. The third-order valence-corrected chi connectivity index (χ3v) is 1.37. The zero-order chi connectivity index (χ0) is 9.52. The highest BCUT2D eigenvalue weighted by Gasteiger charge is 1.97. The van der Waals surface area contributed by atoms with E-state index in [1.165, 1.54) is 6.33 Å². The second kappa shape index (κ2) is 5.21. The van der Waals surface area contributed by atoms with Crippen molar-refractivity contribution in [2.45, 2.75) is 6.42 Å². The Labute approximate surface area is 75.4 Å². The third kappa shape index (κ3) is 4.17. The molecule has 5 heteroatoms. The van der Waals surface area contributed by atoms with Crippen LogP contribution in [0.1, 0.15) is 5.69 Å². The molecule has 0 atom stereocenters. The maximum atomic E-state index is 10.1. The molecule has 0 aliphatic heterocycles. The number of hydrogen-bond donors (Lipinski definition) is 1. The number of hydrogen-bond acceptors (Lipinski definition) is 4. The molecule has 0 spiro atoms. The fraction of sp³-hybridized carbons (Fsp3) is 0.375. The van der Waals surface area contributed by atoms with E-state index in [-0.39, 0.29) is 6.61 Å². The first-order valence-corrected chi connectivity index (χ1v) is 3.83. The smallest absolute Gasteiger partial charge is 0.329 e. The number of carbonyl (C=O) groups is 1. The molecule has 0 saturated carbocycles. The molecule has 13 heavy (non-hydrogen) atoms. The van der Waals surface area contributed by atoms with Crippen LogP contribution < -0.4 is 0 Å². The Morgan fingerprint density at radius 3 is 3.08 bits per heavy atom. The molecule has 1 heterocycles. The van der Waals surface area contributed by atoms with Gasteiger partial charge in [-0.3, -0.25) is 0 Å². The van der Waals surface area contributed by atoms with Crippen LogP contribution in [-0.4, -0.2) is 34.3 Å². The minimum atomic E-state index is -0.956. The molecular weight excluding hydrogens is 172 g/mol. The molecule has 1 N–H and O–H groups in total. The molecule has 70 valence electrons. The topological polar surface area (TPSA) is 72.3 Å². The van der Waals surface area contributed by atoms with Crippen LogP contribution in [0, 0.1) is 0 Å². The Bertz CT molecular complexity index is 263. The predicted octanol–water partition coefficient (Wildman–Crippen LogP) is 0.120. The molecule has 1 aromatic rings. The average Bonchev–Trinajstić information content (AvgIpc) is 2.14. The van der Waals surface area contributed by atoms with Gasteiger partial charge >= 0.3 is 5.97 Å². The van der Waals surface area contributed by atoms with Gasteiger partial charge in [-0.25, -0.2) is 14.8 Å². The minimum absolute atomic E-state index is 0.259. The molecule has 0 fully saturated rings. The van der Waals surface area contributed by atoms with Crippen LogP contribution in [0.3, 0.4) is 0 Å². The first kappa shape index (κ1) is 9.60. The molecule has 0 aliphatic carbocycles. The number of ether oxygens (including phenoxy) is 1. The lowest BCUT2D eigenvalue weighted by molar-refractivity contribution is -0.142. The van der Waals surface area contributed by atoms with Crippen LogP contribution in [0.2, 0.25) is 0 Å². The largest absolute Gasteiger partial charge is 0.480 e. The summed E-state index contributed by atoms with van der Waals surface area (Å²) in [6, 6.07) is 1.77. The van der Waals surface area contributed by atoms with Gasteiger partial charge in [0.25, 0.3) is 0 Å². The van der Waals surface area contributed by atoms with E-state index in [2.05, 4.69) is 9.97 Å². The maximum absolute atomic E-state index is 10.1. The molecule has 0 bridgehead atoms. The molecule has 1 aromatic heterocycles. The standard InChI is InChI=1S/C8H10N2O3/c11-8(12)5-13-4-2-7-1-3-9-6-10-7/h1,3,6H,2,4-5H2,(H,11,12). The molecule has 5 nitrogen and oxygen atoms in total. The van der Waals surface area contributed by atoms with Crippen LogP contribution in [0.5, 0.6) is 0 Å². The Kier molecular flexibility index (Phi) is 3.84. The van der Waals surface area contributed by atoms with Gasteiger partial charge in [0.05, 0.1) is 6.61 Å². The van der Waals surface area contributed by atoms with E-state index in [4.69, 9.17) is 9.84 Å². The minimum Gasteiger partial charge on any atom is -0.480 e. The van der Waals surface area contributed by atoms with E-state index in [0.717, 1.165) is 5.69 Å². The van der Waals surface area contributed by atoms with E-state index in [9.17, 15) is 4.79 Å². The van der Waals surface area contributed by atoms with Crippen molar-refractivity contribution in [2.75, 3.05) is 13.2 Å². The van der Waals surface area contributed by atoms with Crippen molar-refractivity contribution in [3.63, 3.8) is 0 Å². The van der Waals surface area contributed by atoms with Crippen LogP contribution in [-0.2, 0) is 16.0 Å². The van der Waals surface area contributed by atoms with E-state index in [0.29, 0.717) is 13.0 Å². The van der Waals surface area contributed by atoms with E-state index in [1.54, 1.807) is 12.3 Å². The molecule has 1 rings (SSSR count). The van der Waals surface area contributed by atoms with Gasteiger partial charge in [0.1, 0.15) is 12.9 Å². The molecule has 0 aliphatic rings. The molecular formula is C8H10N2O3. The van der Waals surface area contributed by atoms with Crippen molar-refractivity contribution in [1.82, 2.24) is 9.97 Å². The summed E-state index contributed by atoms with van der Waals surface area (Å²) in [4.78, 5) is 17.8. The quantitative estimate of drug-likeness (QED) is 0.655.